The van der Waals surface area contributed by atoms with Crippen molar-refractivity contribution in [2.75, 3.05) is 0 Å². The Morgan fingerprint density at radius 2 is 2.32 bits per heavy atom. The summed E-state index contributed by atoms with van der Waals surface area (Å²) in [6, 6.07) is 4.92. The normalized spacial score (nSPS) is 19.5. The number of aryl methyl sites for hydroxylation is 1. The van der Waals surface area contributed by atoms with Gasteiger partial charge in [-0.3, -0.25) is 14.5 Å². The van der Waals surface area contributed by atoms with Crippen molar-refractivity contribution in [2.24, 2.45) is 5.92 Å². The van der Waals surface area contributed by atoms with Gasteiger partial charge in [0.2, 0.25) is 5.91 Å². The van der Waals surface area contributed by atoms with E-state index in [0.717, 1.165) is 36.2 Å². The van der Waals surface area contributed by atoms with Gasteiger partial charge in [0.05, 0.1) is 6.04 Å². The number of hydrogen-bond donors (Lipinski definition) is 2. The van der Waals surface area contributed by atoms with Crippen LogP contribution in [0.25, 0.3) is 0 Å². The van der Waals surface area contributed by atoms with E-state index in [1.807, 2.05) is 6.07 Å². The van der Waals surface area contributed by atoms with Gasteiger partial charge in [-0.15, -0.1) is 0 Å². The van der Waals surface area contributed by atoms with E-state index in [4.69, 9.17) is 12.2 Å². The molecule has 1 heterocycles. The smallest absolute Gasteiger partial charge is 0.240 e. The summed E-state index contributed by atoms with van der Waals surface area (Å²) in [6.07, 6.45) is 3.25. The number of hydrogen-bond acceptors (Lipinski definition) is 3. The molecule has 3 rings (SSSR count). The zero-order valence-electron chi connectivity index (χ0n) is 14.5. The second-order valence-corrected chi connectivity index (χ2v) is 7.04. The van der Waals surface area contributed by atoms with Crippen LogP contribution in [0.5, 0.6) is 0 Å². The van der Waals surface area contributed by atoms with Gasteiger partial charge in [0.25, 0.3) is 0 Å². The van der Waals surface area contributed by atoms with Crippen molar-refractivity contribution in [3.05, 3.63) is 45.7 Å². The van der Waals surface area contributed by atoms with E-state index in [9.17, 15) is 9.18 Å². The lowest BCUT2D eigenvalue weighted by molar-refractivity contribution is -0.122. The Bertz CT molecular complexity index is 829. The van der Waals surface area contributed by atoms with Crippen molar-refractivity contribution in [2.45, 2.75) is 52.1 Å². The average molecular weight is 362 g/mol. The Balaban J connectivity index is 1.79. The van der Waals surface area contributed by atoms with Gasteiger partial charge in [-0.25, -0.2) is 4.39 Å². The topological polar surface area (TPSA) is 62.7 Å². The van der Waals surface area contributed by atoms with Crippen molar-refractivity contribution >= 4 is 18.1 Å². The third-order valence-corrected chi connectivity index (χ3v) is 5.15. The summed E-state index contributed by atoms with van der Waals surface area (Å²) in [4.78, 5) is 12.6. The van der Waals surface area contributed by atoms with Gasteiger partial charge < -0.3 is 5.32 Å². The number of nitrogens with zero attached hydrogens (tertiary/aromatic N) is 2. The van der Waals surface area contributed by atoms with Crippen molar-refractivity contribution in [1.82, 2.24) is 20.1 Å². The van der Waals surface area contributed by atoms with Crippen LogP contribution in [0.2, 0.25) is 0 Å². The quantitative estimate of drug-likeness (QED) is 0.801. The van der Waals surface area contributed by atoms with Gasteiger partial charge in [0.1, 0.15) is 18.2 Å². The lowest BCUT2D eigenvalue weighted by Crippen LogP contribution is -2.37. The molecule has 1 aromatic heterocycles. The summed E-state index contributed by atoms with van der Waals surface area (Å²) in [5.74, 6) is 0.714. The number of carbonyl (C=O) groups is 1. The second-order valence-electron chi connectivity index (χ2n) is 6.65. The first-order chi connectivity index (χ1) is 12.0. The van der Waals surface area contributed by atoms with E-state index in [2.05, 4.69) is 29.4 Å². The van der Waals surface area contributed by atoms with Gasteiger partial charge in [0.15, 0.2) is 4.77 Å². The molecule has 5 nitrogen and oxygen atoms in total. The van der Waals surface area contributed by atoms with Crippen LogP contribution < -0.4 is 5.32 Å². The van der Waals surface area contributed by atoms with Crippen molar-refractivity contribution in [3.63, 3.8) is 0 Å². The number of benzene rings is 1. The summed E-state index contributed by atoms with van der Waals surface area (Å²) in [5, 5.41) is 10.0. The maximum atomic E-state index is 14.1. The van der Waals surface area contributed by atoms with Crippen molar-refractivity contribution in [1.29, 1.82) is 0 Å². The second kappa shape index (κ2) is 7.47. The van der Waals surface area contributed by atoms with Crippen LogP contribution in [-0.2, 0) is 24.2 Å². The fraction of sp³-hybridized carbons (Fsp3) is 0.500. The Labute approximate surface area is 151 Å². The van der Waals surface area contributed by atoms with Gasteiger partial charge in [-0.05, 0) is 54.6 Å². The molecule has 0 spiro atoms. The van der Waals surface area contributed by atoms with Crippen LogP contribution >= 0.6 is 12.2 Å². The van der Waals surface area contributed by atoms with Crippen LogP contribution in [-0.4, -0.2) is 20.7 Å². The minimum absolute atomic E-state index is 0.124. The molecule has 25 heavy (non-hydrogen) atoms. The van der Waals surface area contributed by atoms with E-state index in [0.29, 0.717) is 11.2 Å². The highest BCUT2D eigenvalue weighted by atomic mass is 32.1. The van der Waals surface area contributed by atoms with Crippen LogP contribution in [0.4, 0.5) is 4.39 Å². The summed E-state index contributed by atoms with van der Waals surface area (Å²) in [6.45, 7) is 4.26. The summed E-state index contributed by atoms with van der Waals surface area (Å²) in [7, 11) is 0. The molecule has 7 heteroatoms. The highest BCUT2D eigenvalue weighted by Crippen LogP contribution is 2.35. The average Bonchev–Trinajstić information content (AvgIpc) is 2.91. The number of fused-ring (bicyclic) bond motifs is 1. The zero-order chi connectivity index (χ0) is 18.0. The molecule has 0 aliphatic heterocycles. The zero-order valence-corrected chi connectivity index (χ0v) is 15.3. The molecule has 0 radical (unpaired) electrons. The molecule has 1 aliphatic carbocycles. The molecule has 0 saturated heterocycles. The summed E-state index contributed by atoms with van der Waals surface area (Å²) in [5.41, 5.74) is 1.61. The first-order valence-corrected chi connectivity index (χ1v) is 9.12. The molecule has 2 aromatic rings. The fourth-order valence-electron chi connectivity index (χ4n) is 3.49. The number of nitrogens with one attached hydrogen (secondary N) is 2. The molecule has 1 aromatic carbocycles. The monoisotopic (exact) mass is 362 g/mol. The van der Waals surface area contributed by atoms with E-state index in [1.165, 1.54) is 6.07 Å². The molecule has 1 amide bonds. The first-order valence-electron chi connectivity index (χ1n) is 8.72. The standard InChI is InChI=1S/C18H23FN4OS/c1-3-5-15-21-22-18(25)23(15)10-16(24)20-17-11(2)8-9-12-13(17)6-4-7-14(12)19/h4,6-7,11,17H,3,5,8-10H2,1-2H3,(H,20,24)(H,22,25)/t11-,17+/m1/s1. The first kappa shape index (κ1) is 17.8. The molecule has 2 N–H and O–H groups in total. The number of halogens is 1. The third kappa shape index (κ3) is 3.66. The molecule has 0 saturated carbocycles. The van der Waals surface area contributed by atoms with Crippen LogP contribution in [0.3, 0.4) is 0 Å². The van der Waals surface area contributed by atoms with Gasteiger partial charge in [-0.1, -0.05) is 26.0 Å². The number of aromatic amines is 1. The van der Waals surface area contributed by atoms with Crippen molar-refractivity contribution < 1.29 is 9.18 Å². The highest BCUT2D eigenvalue weighted by Gasteiger charge is 2.29. The molecular formula is C18H23FN4OS. The Morgan fingerprint density at radius 1 is 1.52 bits per heavy atom. The Hall–Kier alpha value is -2.02. The molecule has 0 fully saturated rings. The fourth-order valence-corrected chi connectivity index (χ4v) is 3.70. The molecule has 2 atom stereocenters. The maximum absolute atomic E-state index is 14.1. The summed E-state index contributed by atoms with van der Waals surface area (Å²) < 4.78 is 16.2. The van der Waals surface area contributed by atoms with Gasteiger partial charge >= 0.3 is 0 Å². The Morgan fingerprint density at radius 3 is 3.08 bits per heavy atom. The van der Waals surface area contributed by atoms with Crippen molar-refractivity contribution in [3.8, 4) is 0 Å². The minimum Gasteiger partial charge on any atom is -0.347 e. The molecule has 1 aliphatic rings. The van der Waals surface area contributed by atoms with Gasteiger partial charge in [-0.2, -0.15) is 5.10 Å². The maximum Gasteiger partial charge on any atom is 0.240 e. The highest BCUT2D eigenvalue weighted by molar-refractivity contribution is 7.71. The van der Waals surface area contributed by atoms with Crippen LogP contribution in [0.15, 0.2) is 18.2 Å². The summed E-state index contributed by atoms with van der Waals surface area (Å²) >= 11 is 5.23. The van der Waals surface area contributed by atoms with Gasteiger partial charge in [0, 0.05) is 6.42 Å². The number of H-pyrrole nitrogens is 1. The molecular weight excluding hydrogens is 339 g/mol. The molecule has 0 unspecified atom stereocenters. The SMILES string of the molecule is CCCc1n[nH]c(=S)n1CC(=O)N[C@@H]1c2cccc(F)c2CC[C@H]1C. The lowest BCUT2D eigenvalue weighted by Gasteiger charge is -2.32. The Kier molecular flexibility index (Phi) is 5.32. The number of aromatic nitrogens is 3. The third-order valence-electron chi connectivity index (χ3n) is 4.84. The van der Waals surface area contributed by atoms with E-state index < -0.39 is 0 Å². The number of rotatable bonds is 5. The van der Waals surface area contributed by atoms with E-state index >= 15 is 0 Å². The van der Waals surface area contributed by atoms with Crippen LogP contribution in [0.1, 0.15) is 49.7 Å². The number of carbonyl (C=O) groups excluding carboxylic acids is 1. The predicted molar refractivity (Wildman–Crippen MR) is 96.2 cm³/mol. The predicted octanol–water partition coefficient (Wildman–Crippen LogP) is 3.47. The molecule has 0 bridgehead atoms. The van der Waals surface area contributed by atoms with E-state index in [-0.39, 0.29) is 30.2 Å². The minimum atomic E-state index is -0.189. The van der Waals surface area contributed by atoms with E-state index in [1.54, 1.807) is 10.6 Å². The largest absolute Gasteiger partial charge is 0.347 e. The number of amides is 1. The molecule has 134 valence electrons. The lowest BCUT2D eigenvalue weighted by atomic mass is 9.80. The van der Waals surface area contributed by atoms with Crippen LogP contribution in [0, 0.1) is 16.5 Å².